The van der Waals surface area contributed by atoms with Crippen molar-refractivity contribution in [3.8, 4) is 5.75 Å². The molecule has 5 heteroatoms. The number of hydrazone groups is 1. The summed E-state index contributed by atoms with van der Waals surface area (Å²) in [6.45, 7) is 4.15. The fourth-order valence-electron chi connectivity index (χ4n) is 3.91. The molecule has 1 unspecified atom stereocenters. The van der Waals surface area contributed by atoms with Crippen LogP contribution in [0.4, 0.5) is 0 Å². The zero-order valence-corrected chi connectivity index (χ0v) is 18.7. The van der Waals surface area contributed by atoms with E-state index in [1.807, 2.05) is 24.3 Å². The highest BCUT2D eigenvalue weighted by molar-refractivity contribution is 6.33. The topological polar surface area (TPSA) is 41.9 Å². The van der Waals surface area contributed by atoms with Crippen LogP contribution in [-0.4, -0.2) is 23.7 Å². The van der Waals surface area contributed by atoms with Crippen molar-refractivity contribution in [3.63, 3.8) is 0 Å². The zero-order chi connectivity index (χ0) is 22.0. The lowest BCUT2D eigenvalue weighted by atomic mass is 9.96. The van der Waals surface area contributed by atoms with Crippen LogP contribution in [0.15, 0.2) is 71.8 Å². The van der Waals surface area contributed by atoms with Gasteiger partial charge < -0.3 is 4.74 Å². The highest BCUT2D eigenvalue weighted by Crippen LogP contribution is 2.35. The number of aryl methyl sites for hydroxylation is 2. The maximum Gasteiger partial charge on any atom is 0.276 e. The van der Waals surface area contributed by atoms with Crippen LogP contribution in [0.1, 0.15) is 52.0 Å². The minimum absolute atomic E-state index is 0.188. The summed E-state index contributed by atoms with van der Waals surface area (Å²) in [7, 11) is 1.68. The van der Waals surface area contributed by atoms with Crippen LogP contribution in [0.2, 0.25) is 5.02 Å². The van der Waals surface area contributed by atoms with Crippen molar-refractivity contribution in [2.45, 2.75) is 32.7 Å². The average molecular weight is 433 g/mol. The fourth-order valence-corrected chi connectivity index (χ4v) is 4.13. The Hall–Kier alpha value is -3.11. The van der Waals surface area contributed by atoms with Crippen molar-refractivity contribution in [2.75, 3.05) is 7.11 Å². The second kappa shape index (κ2) is 8.94. The van der Waals surface area contributed by atoms with Gasteiger partial charge in [-0.05, 0) is 60.4 Å². The SMILES string of the molecule is CCc1cc(C2=NN(C(=O)c3ccccc3Cl)C(c3ccc(C)cc3)C2)ccc1OC. The predicted molar refractivity (Wildman–Crippen MR) is 125 cm³/mol. The molecule has 0 aliphatic carbocycles. The molecule has 0 radical (unpaired) electrons. The first-order chi connectivity index (χ1) is 15.0. The van der Waals surface area contributed by atoms with E-state index in [4.69, 9.17) is 21.4 Å². The Labute approximate surface area is 188 Å². The molecule has 0 saturated carbocycles. The minimum atomic E-state index is -0.199. The molecule has 0 bridgehead atoms. The van der Waals surface area contributed by atoms with E-state index in [0.29, 0.717) is 17.0 Å². The Balaban J connectivity index is 1.76. The molecule has 0 fully saturated rings. The van der Waals surface area contributed by atoms with Gasteiger partial charge in [0, 0.05) is 6.42 Å². The molecule has 0 spiro atoms. The normalized spacial score (nSPS) is 15.7. The van der Waals surface area contributed by atoms with Crippen molar-refractivity contribution in [1.82, 2.24) is 5.01 Å². The van der Waals surface area contributed by atoms with Gasteiger partial charge in [0.2, 0.25) is 0 Å². The number of methoxy groups -OCH3 is 1. The number of carbonyl (C=O) groups excluding carboxylic acids is 1. The van der Waals surface area contributed by atoms with E-state index in [1.54, 1.807) is 24.3 Å². The summed E-state index contributed by atoms with van der Waals surface area (Å²) >= 11 is 6.33. The van der Waals surface area contributed by atoms with E-state index in [0.717, 1.165) is 34.6 Å². The summed E-state index contributed by atoms with van der Waals surface area (Å²) in [6, 6.07) is 21.3. The van der Waals surface area contributed by atoms with Crippen LogP contribution in [-0.2, 0) is 6.42 Å². The molecule has 4 nitrogen and oxygen atoms in total. The molecular formula is C26H25ClN2O2. The molecule has 3 aromatic carbocycles. The van der Waals surface area contributed by atoms with E-state index < -0.39 is 0 Å². The standard InChI is InChI=1S/C26H25ClN2O2/c1-4-18-15-20(13-14-25(18)31-3)23-16-24(19-11-9-17(2)10-12-19)29(28-23)26(30)21-7-5-6-8-22(21)27/h5-15,24H,4,16H2,1-3H3. The average Bonchev–Trinajstić information content (AvgIpc) is 3.24. The maximum absolute atomic E-state index is 13.4. The molecular weight excluding hydrogens is 408 g/mol. The van der Waals surface area contributed by atoms with Gasteiger partial charge in [0.05, 0.1) is 29.4 Å². The van der Waals surface area contributed by atoms with Crippen LogP contribution in [0.5, 0.6) is 5.75 Å². The first kappa shape index (κ1) is 21.1. The molecule has 0 saturated heterocycles. The summed E-state index contributed by atoms with van der Waals surface area (Å²) in [5, 5.41) is 6.80. The lowest BCUT2D eigenvalue weighted by Gasteiger charge is -2.22. The van der Waals surface area contributed by atoms with Crippen molar-refractivity contribution in [2.24, 2.45) is 5.10 Å². The van der Waals surface area contributed by atoms with Crippen molar-refractivity contribution in [1.29, 1.82) is 0 Å². The number of ether oxygens (including phenoxy) is 1. The van der Waals surface area contributed by atoms with Gasteiger partial charge in [0.1, 0.15) is 5.75 Å². The van der Waals surface area contributed by atoms with Gasteiger partial charge in [-0.3, -0.25) is 4.79 Å². The Kier molecular flexibility index (Phi) is 6.10. The van der Waals surface area contributed by atoms with Gasteiger partial charge in [-0.2, -0.15) is 5.10 Å². The highest BCUT2D eigenvalue weighted by Gasteiger charge is 2.34. The van der Waals surface area contributed by atoms with Crippen LogP contribution in [0.3, 0.4) is 0 Å². The summed E-state index contributed by atoms with van der Waals surface area (Å²) in [5.41, 5.74) is 5.68. The monoisotopic (exact) mass is 432 g/mol. The van der Waals surface area contributed by atoms with E-state index in [9.17, 15) is 4.79 Å². The van der Waals surface area contributed by atoms with E-state index in [1.165, 1.54) is 5.56 Å². The van der Waals surface area contributed by atoms with Crippen LogP contribution >= 0.6 is 11.6 Å². The summed E-state index contributed by atoms with van der Waals surface area (Å²) in [4.78, 5) is 13.4. The molecule has 1 atom stereocenters. The molecule has 4 rings (SSSR count). The Morgan fingerprint density at radius 3 is 2.55 bits per heavy atom. The second-order valence-corrected chi connectivity index (χ2v) is 8.09. The number of hydrogen-bond acceptors (Lipinski definition) is 3. The van der Waals surface area contributed by atoms with Crippen molar-refractivity contribution >= 4 is 23.2 Å². The third kappa shape index (κ3) is 4.21. The zero-order valence-electron chi connectivity index (χ0n) is 17.9. The lowest BCUT2D eigenvalue weighted by Crippen LogP contribution is -2.27. The second-order valence-electron chi connectivity index (χ2n) is 7.69. The van der Waals surface area contributed by atoms with Gasteiger partial charge in [-0.15, -0.1) is 0 Å². The molecule has 3 aromatic rings. The van der Waals surface area contributed by atoms with Gasteiger partial charge in [0.25, 0.3) is 5.91 Å². The maximum atomic E-state index is 13.4. The highest BCUT2D eigenvalue weighted by atomic mass is 35.5. The number of nitrogens with zero attached hydrogens (tertiary/aromatic N) is 2. The molecule has 31 heavy (non-hydrogen) atoms. The molecule has 0 aromatic heterocycles. The van der Waals surface area contributed by atoms with Crippen LogP contribution in [0.25, 0.3) is 0 Å². The van der Waals surface area contributed by atoms with E-state index >= 15 is 0 Å². The fraction of sp³-hybridized carbons (Fsp3) is 0.231. The predicted octanol–water partition coefficient (Wildman–Crippen LogP) is 6.21. The Morgan fingerprint density at radius 1 is 1.13 bits per heavy atom. The lowest BCUT2D eigenvalue weighted by molar-refractivity contribution is 0.0711. The van der Waals surface area contributed by atoms with Crippen LogP contribution in [0, 0.1) is 6.92 Å². The Bertz CT molecular complexity index is 1140. The largest absolute Gasteiger partial charge is 0.496 e. The third-order valence-electron chi connectivity index (χ3n) is 5.68. The summed E-state index contributed by atoms with van der Waals surface area (Å²) in [6.07, 6.45) is 1.49. The number of halogens is 1. The molecule has 1 amide bonds. The van der Waals surface area contributed by atoms with Gasteiger partial charge in [0.15, 0.2) is 0 Å². The molecule has 1 heterocycles. The van der Waals surface area contributed by atoms with Crippen molar-refractivity contribution < 1.29 is 9.53 Å². The van der Waals surface area contributed by atoms with Crippen LogP contribution < -0.4 is 4.74 Å². The van der Waals surface area contributed by atoms with Crippen molar-refractivity contribution in [3.05, 3.63) is 99.6 Å². The number of benzene rings is 3. The third-order valence-corrected chi connectivity index (χ3v) is 6.01. The first-order valence-corrected chi connectivity index (χ1v) is 10.8. The number of hydrogen-bond donors (Lipinski definition) is 0. The van der Waals surface area contributed by atoms with E-state index in [2.05, 4.69) is 44.2 Å². The van der Waals surface area contributed by atoms with E-state index in [-0.39, 0.29) is 11.9 Å². The molecule has 158 valence electrons. The Morgan fingerprint density at radius 2 is 1.87 bits per heavy atom. The number of amides is 1. The van der Waals surface area contributed by atoms with Gasteiger partial charge in [-0.25, -0.2) is 5.01 Å². The molecule has 0 N–H and O–H groups in total. The number of carbonyl (C=O) groups is 1. The van der Waals surface area contributed by atoms with Gasteiger partial charge >= 0.3 is 0 Å². The molecule has 1 aliphatic rings. The minimum Gasteiger partial charge on any atom is -0.496 e. The summed E-state index contributed by atoms with van der Waals surface area (Å²) in [5.74, 6) is 0.666. The quantitative estimate of drug-likeness (QED) is 0.480. The smallest absolute Gasteiger partial charge is 0.276 e. The first-order valence-electron chi connectivity index (χ1n) is 10.4. The van der Waals surface area contributed by atoms with Gasteiger partial charge in [-0.1, -0.05) is 60.5 Å². The summed E-state index contributed by atoms with van der Waals surface area (Å²) < 4.78 is 5.47. The number of rotatable bonds is 5. The molecule has 1 aliphatic heterocycles.